The Balaban J connectivity index is 2.79. The normalized spacial score (nSPS) is 6.33. The molecule has 0 fully saturated rings. The third-order valence-electron chi connectivity index (χ3n) is 0.332. The summed E-state index contributed by atoms with van der Waals surface area (Å²) in [4.78, 5) is 0. The maximum Gasteiger partial charge on any atom is 0.116 e. The summed E-state index contributed by atoms with van der Waals surface area (Å²) in [6.45, 7) is 2.06. The van der Waals surface area contributed by atoms with Crippen LogP contribution in [0.4, 0.5) is 0 Å². The van der Waals surface area contributed by atoms with E-state index in [1.165, 1.54) is 0 Å². The molecule has 0 atom stereocenters. The summed E-state index contributed by atoms with van der Waals surface area (Å²) < 4.78 is 4.11. The van der Waals surface area contributed by atoms with E-state index in [2.05, 4.69) is 23.7 Å². The number of ether oxygens (including phenoxy) is 1. The molecule has 0 unspecified atom stereocenters. The van der Waals surface area contributed by atoms with E-state index in [4.69, 9.17) is 0 Å². The Hall–Kier alpha value is -0.480. The van der Waals surface area contributed by atoms with Crippen LogP contribution in [-0.4, -0.2) is 6.61 Å². The van der Waals surface area contributed by atoms with E-state index >= 15 is 0 Å². The molecule has 32 valence electrons. The molecule has 0 heterocycles. The van der Waals surface area contributed by atoms with Crippen LogP contribution in [0, 0.1) is 19.0 Å². The van der Waals surface area contributed by atoms with Crippen molar-refractivity contribution >= 4 is 0 Å². The molecule has 0 aliphatic carbocycles. The van der Waals surface area contributed by atoms with Gasteiger partial charge in [0.25, 0.3) is 0 Å². The maximum atomic E-state index is 4.61. The van der Waals surface area contributed by atoms with Gasteiger partial charge in [0.15, 0.2) is 0 Å². The minimum absolute atomic E-state index is 0.330. The van der Waals surface area contributed by atoms with Crippen LogP contribution in [0.3, 0.4) is 0 Å². The molecule has 0 N–H and O–H groups in total. The molecular formula is C5H6O. The monoisotopic (exact) mass is 82.0 g/mol. The van der Waals surface area contributed by atoms with Gasteiger partial charge in [0.05, 0.1) is 0 Å². The van der Waals surface area contributed by atoms with Crippen LogP contribution in [0.1, 0.15) is 6.92 Å². The molecule has 0 aromatic rings. The Bertz CT molecular complexity index is 65.7. The van der Waals surface area contributed by atoms with Gasteiger partial charge in [0.2, 0.25) is 0 Å². The van der Waals surface area contributed by atoms with E-state index in [1.54, 1.807) is 6.92 Å². The lowest BCUT2D eigenvalue weighted by molar-refractivity contribution is 0.288. The van der Waals surface area contributed by atoms with Gasteiger partial charge < -0.3 is 4.74 Å². The van der Waals surface area contributed by atoms with Crippen molar-refractivity contribution in [2.45, 2.75) is 6.92 Å². The molecule has 0 aliphatic heterocycles. The largest absolute Gasteiger partial charge is 0.360 e. The molecule has 6 heavy (non-hydrogen) atoms. The molecule has 0 saturated heterocycles. The van der Waals surface area contributed by atoms with Crippen molar-refractivity contribution in [2.75, 3.05) is 6.61 Å². The topological polar surface area (TPSA) is 9.23 Å². The number of hydrogen-bond acceptors (Lipinski definition) is 1. The predicted molar refractivity (Wildman–Crippen MR) is 23.7 cm³/mol. The van der Waals surface area contributed by atoms with Gasteiger partial charge in [0, 0.05) is 0 Å². The zero-order chi connectivity index (χ0) is 4.83. The molecular weight excluding hydrogens is 76.1 g/mol. The predicted octanol–water partition coefficient (Wildman–Crippen LogP) is 0.695. The van der Waals surface area contributed by atoms with Gasteiger partial charge in [-0.1, -0.05) is 5.92 Å². The van der Waals surface area contributed by atoms with Gasteiger partial charge in [-0.25, -0.2) is 0 Å². The first kappa shape index (κ1) is 5.52. The third-order valence-corrected chi connectivity index (χ3v) is 0.332. The highest BCUT2D eigenvalue weighted by Crippen LogP contribution is 1.60. The molecule has 0 bridgehead atoms. The fraction of sp³-hybridized carbons (Fsp3) is 0.400. The maximum absolute atomic E-state index is 4.61. The molecule has 2 radical (unpaired) electrons. The van der Waals surface area contributed by atoms with Crippen molar-refractivity contribution in [3.05, 3.63) is 7.11 Å². The third kappa shape index (κ3) is 3.52. The summed E-state index contributed by atoms with van der Waals surface area (Å²) in [7, 11) is 4.61. The summed E-state index contributed by atoms with van der Waals surface area (Å²) >= 11 is 0. The lowest BCUT2D eigenvalue weighted by Gasteiger charge is -1.76. The van der Waals surface area contributed by atoms with Gasteiger partial charge >= 0.3 is 0 Å². The summed E-state index contributed by atoms with van der Waals surface area (Å²) in [5.74, 6) is 5.21. The van der Waals surface area contributed by atoms with Crippen molar-refractivity contribution in [2.24, 2.45) is 0 Å². The summed E-state index contributed by atoms with van der Waals surface area (Å²) in [5.41, 5.74) is 0. The summed E-state index contributed by atoms with van der Waals surface area (Å²) in [6.07, 6.45) is 0. The molecule has 0 aromatic carbocycles. The molecule has 0 aliphatic rings. The lowest BCUT2D eigenvalue weighted by Crippen LogP contribution is -1.75. The molecule has 0 spiro atoms. The average Bonchev–Trinajstić information content (AvgIpc) is 1.61. The van der Waals surface area contributed by atoms with Gasteiger partial charge in [-0.3, -0.25) is 0 Å². The molecule has 0 saturated carbocycles. The van der Waals surface area contributed by atoms with Gasteiger partial charge in [0.1, 0.15) is 13.7 Å². The van der Waals surface area contributed by atoms with Crippen LogP contribution in [0.5, 0.6) is 0 Å². The van der Waals surface area contributed by atoms with Crippen molar-refractivity contribution in [1.29, 1.82) is 0 Å². The highest BCUT2D eigenvalue weighted by atomic mass is 16.5. The van der Waals surface area contributed by atoms with Crippen LogP contribution in [0.15, 0.2) is 0 Å². The van der Waals surface area contributed by atoms with Gasteiger partial charge in [-0.2, -0.15) is 0 Å². The number of hydrogen-bond donors (Lipinski definition) is 0. The van der Waals surface area contributed by atoms with Crippen LogP contribution in [0.25, 0.3) is 0 Å². The van der Waals surface area contributed by atoms with Crippen molar-refractivity contribution in [3.63, 3.8) is 0 Å². The van der Waals surface area contributed by atoms with E-state index in [1.807, 2.05) is 0 Å². The molecule has 1 heteroatoms. The van der Waals surface area contributed by atoms with E-state index in [0.29, 0.717) is 6.61 Å². The van der Waals surface area contributed by atoms with E-state index in [9.17, 15) is 0 Å². The van der Waals surface area contributed by atoms with Crippen molar-refractivity contribution in [1.82, 2.24) is 0 Å². The van der Waals surface area contributed by atoms with Gasteiger partial charge in [-0.15, -0.1) is 5.92 Å². The van der Waals surface area contributed by atoms with Crippen molar-refractivity contribution in [3.8, 4) is 11.8 Å². The second-order valence-electron chi connectivity index (χ2n) is 0.738. The first-order valence-electron chi connectivity index (χ1n) is 1.63. The van der Waals surface area contributed by atoms with E-state index in [0.717, 1.165) is 0 Å². The molecule has 1 nitrogen and oxygen atoms in total. The van der Waals surface area contributed by atoms with E-state index in [-0.39, 0.29) is 0 Å². The Morgan fingerprint density at radius 2 is 2.50 bits per heavy atom. The van der Waals surface area contributed by atoms with Crippen molar-refractivity contribution < 1.29 is 4.74 Å². The van der Waals surface area contributed by atoms with Crippen LogP contribution in [-0.2, 0) is 4.74 Å². The SMILES string of the molecule is [CH]OCC#CC. The summed E-state index contributed by atoms with van der Waals surface area (Å²) in [6, 6.07) is 0. The second kappa shape index (κ2) is 4.52. The molecule has 0 rings (SSSR count). The Morgan fingerprint density at radius 3 is 2.67 bits per heavy atom. The fourth-order valence-corrected chi connectivity index (χ4v) is 0.114. The lowest BCUT2D eigenvalue weighted by atomic mass is 10.6. The summed E-state index contributed by atoms with van der Waals surface area (Å²) in [5, 5.41) is 0. The molecule has 0 aromatic heterocycles. The zero-order valence-electron chi connectivity index (χ0n) is 3.69. The van der Waals surface area contributed by atoms with Gasteiger partial charge in [-0.05, 0) is 6.92 Å². The Kier molecular flexibility index (Phi) is 4.16. The van der Waals surface area contributed by atoms with Crippen LogP contribution < -0.4 is 0 Å². The Morgan fingerprint density at radius 1 is 1.83 bits per heavy atom. The fourth-order valence-electron chi connectivity index (χ4n) is 0.114. The smallest absolute Gasteiger partial charge is 0.116 e. The highest BCUT2D eigenvalue weighted by Gasteiger charge is 1.61. The Labute approximate surface area is 38.3 Å². The highest BCUT2D eigenvalue weighted by molar-refractivity contribution is 4.94. The number of rotatable bonds is 1. The van der Waals surface area contributed by atoms with Crippen LogP contribution >= 0.6 is 0 Å². The zero-order valence-corrected chi connectivity index (χ0v) is 3.69. The van der Waals surface area contributed by atoms with Crippen LogP contribution in [0.2, 0.25) is 0 Å². The first-order chi connectivity index (χ1) is 2.91. The average molecular weight is 82.1 g/mol. The van der Waals surface area contributed by atoms with E-state index < -0.39 is 0 Å². The standard InChI is InChI=1S/C5H6O/c1-3-4-5-6-2/h2H,5H2,1H3. The quantitative estimate of drug-likeness (QED) is 0.423. The second-order valence-corrected chi connectivity index (χ2v) is 0.738. The minimum Gasteiger partial charge on any atom is -0.360 e. The minimum atomic E-state index is 0.330. The molecule has 0 amide bonds. The first-order valence-corrected chi connectivity index (χ1v) is 1.63.